The molecule has 0 heterocycles. The van der Waals surface area contributed by atoms with E-state index in [1.807, 2.05) is 0 Å². The number of rotatable bonds is 6. The van der Waals surface area contributed by atoms with Crippen molar-refractivity contribution >= 4 is 17.7 Å². The second kappa shape index (κ2) is 6.76. The van der Waals surface area contributed by atoms with E-state index in [9.17, 15) is 14.4 Å². The van der Waals surface area contributed by atoms with Gasteiger partial charge in [0.1, 0.15) is 0 Å². The lowest BCUT2D eigenvalue weighted by molar-refractivity contribution is -0.160. The molecule has 0 radical (unpaired) electrons. The van der Waals surface area contributed by atoms with Gasteiger partial charge in [0.05, 0.1) is 13.2 Å². The smallest absolute Gasteiger partial charge is 0.325 e. The zero-order valence-corrected chi connectivity index (χ0v) is 9.74. The molecule has 0 N–H and O–H groups in total. The summed E-state index contributed by atoms with van der Waals surface area (Å²) in [6.45, 7) is 8.11. The maximum atomic E-state index is 11.5. The Bertz CT molecular complexity index is 287. The van der Waals surface area contributed by atoms with E-state index in [1.54, 1.807) is 13.8 Å². The fraction of sp³-hybridized carbons (Fsp3) is 0.545. The summed E-state index contributed by atoms with van der Waals surface area (Å²) in [4.78, 5) is 34.0. The van der Waals surface area contributed by atoms with Crippen molar-refractivity contribution in [3.05, 3.63) is 12.2 Å². The highest BCUT2D eigenvalue weighted by atomic mass is 16.6. The molecule has 0 saturated carbocycles. The first kappa shape index (κ1) is 14.3. The largest absolute Gasteiger partial charge is 0.465 e. The topological polar surface area (TPSA) is 69.7 Å². The standard InChI is InChI=1S/C11H16O5/c1-5-15-10(13)9(7(3)8(4)12)11(14)16-6-2/h9H,3,5-6H2,1-2,4H3. The van der Waals surface area contributed by atoms with E-state index in [1.165, 1.54) is 6.92 Å². The van der Waals surface area contributed by atoms with E-state index in [0.717, 1.165) is 0 Å². The Hall–Kier alpha value is -1.65. The quantitative estimate of drug-likeness (QED) is 0.383. The molecule has 0 aliphatic heterocycles. The Labute approximate surface area is 94.4 Å². The normalized spacial score (nSPS) is 9.75. The summed E-state index contributed by atoms with van der Waals surface area (Å²) < 4.78 is 9.38. The van der Waals surface area contributed by atoms with Crippen molar-refractivity contribution < 1.29 is 23.9 Å². The minimum absolute atomic E-state index is 0.114. The average molecular weight is 228 g/mol. The summed E-state index contributed by atoms with van der Waals surface area (Å²) in [5.41, 5.74) is -0.114. The minimum atomic E-state index is -1.35. The van der Waals surface area contributed by atoms with Crippen LogP contribution in [0.2, 0.25) is 0 Å². The summed E-state index contributed by atoms with van der Waals surface area (Å²) in [6, 6.07) is 0. The highest BCUT2D eigenvalue weighted by molar-refractivity contribution is 6.08. The second-order valence-electron chi connectivity index (χ2n) is 3.02. The van der Waals surface area contributed by atoms with Gasteiger partial charge < -0.3 is 9.47 Å². The van der Waals surface area contributed by atoms with Gasteiger partial charge in [-0.2, -0.15) is 0 Å². The van der Waals surface area contributed by atoms with Gasteiger partial charge in [0.2, 0.25) is 0 Å². The molecule has 0 rings (SSSR count). The highest BCUT2D eigenvalue weighted by Gasteiger charge is 2.34. The molecule has 0 aromatic carbocycles. The van der Waals surface area contributed by atoms with Gasteiger partial charge in [0.15, 0.2) is 11.7 Å². The molecular formula is C11H16O5. The van der Waals surface area contributed by atoms with E-state index < -0.39 is 23.6 Å². The number of carbonyl (C=O) groups excluding carboxylic acids is 3. The van der Waals surface area contributed by atoms with Gasteiger partial charge in [0.25, 0.3) is 0 Å². The lowest BCUT2D eigenvalue weighted by atomic mass is 9.98. The fourth-order valence-corrected chi connectivity index (χ4v) is 1.04. The predicted molar refractivity (Wildman–Crippen MR) is 56.6 cm³/mol. The monoisotopic (exact) mass is 228 g/mol. The zero-order valence-electron chi connectivity index (χ0n) is 9.74. The molecule has 0 atom stereocenters. The van der Waals surface area contributed by atoms with Crippen LogP contribution in [0.3, 0.4) is 0 Å². The SMILES string of the molecule is C=C(C(C)=O)C(C(=O)OCC)C(=O)OCC. The average Bonchev–Trinajstić information content (AvgIpc) is 2.18. The third kappa shape index (κ3) is 3.84. The molecule has 5 heteroatoms. The fourth-order valence-electron chi connectivity index (χ4n) is 1.04. The number of hydrogen-bond acceptors (Lipinski definition) is 5. The molecule has 0 unspecified atom stereocenters. The van der Waals surface area contributed by atoms with Crippen molar-refractivity contribution in [3.8, 4) is 0 Å². The van der Waals surface area contributed by atoms with E-state index in [4.69, 9.17) is 0 Å². The van der Waals surface area contributed by atoms with Gasteiger partial charge in [-0.3, -0.25) is 14.4 Å². The molecule has 0 aromatic heterocycles. The molecule has 0 spiro atoms. The number of carbonyl (C=O) groups is 3. The maximum Gasteiger partial charge on any atom is 0.325 e. The molecule has 0 saturated heterocycles. The molecule has 0 bridgehead atoms. The summed E-state index contributed by atoms with van der Waals surface area (Å²) >= 11 is 0. The van der Waals surface area contributed by atoms with E-state index in [2.05, 4.69) is 16.1 Å². The van der Waals surface area contributed by atoms with Crippen LogP contribution in [-0.2, 0) is 23.9 Å². The van der Waals surface area contributed by atoms with Gasteiger partial charge in [-0.05, 0) is 20.8 Å². The van der Waals surface area contributed by atoms with Crippen LogP contribution in [-0.4, -0.2) is 30.9 Å². The Morgan fingerprint density at radius 1 is 1.06 bits per heavy atom. The first-order valence-corrected chi connectivity index (χ1v) is 4.98. The van der Waals surface area contributed by atoms with Gasteiger partial charge in [-0.25, -0.2) is 0 Å². The molecule has 0 aromatic rings. The van der Waals surface area contributed by atoms with E-state index >= 15 is 0 Å². The lowest BCUT2D eigenvalue weighted by Gasteiger charge is -2.14. The highest BCUT2D eigenvalue weighted by Crippen LogP contribution is 2.14. The molecule has 0 aliphatic rings. The van der Waals surface area contributed by atoms with Crippen molar-refractivity contribution in [2.75, 3.05) is 13.2 Å². The van der Waals surface area contributed by atoms with Gasteiger partial charge in [-0.15, -0.1) is 0 Å². The molecule has 0 aliphatic carbocycles. The molecule has 5 nitrogen and oxygen atoms in total. The Kier molecular flexibility index (Phi) is 6.07. The van der Waals surface area contributed by atoms with E-state index in [0.29, 0.717) is 0 Å². The molecule has 0 fully saturated rings. The Morgan fingerprint density at radius 3 is 1.69 bits per heavy atom. The maximum absolute atomic E-state index is 11.5. The minimum Gasteiger partial charge on any atom is -0.465 e. The number of ether oxygens (including phenoxy) is 2. The van der Waals surface area contributed by atoms with Gasteiger partial charge in [-0.1, -0.05) is 6.58 Å². The van der Waals surface area contributed by atoms with Crippen LogP contribution < -0.4 is 0 Å². The van der Waals surface area contributed by atoms with Crippen LogP contribution in [0.5, 0.6) is 0 Å². The predicted octanol–water partition coefficient (Wildman–Crippen LogP) is 0.874. The van der Waals surface area contributed by atoms with E-state index in [-0.39, 0.29) is 18.8 Å². The number of Topliss-reactive ketones (excluding diaryl/α,β-unsaturated/α-hetero) is 1. The molecular weight excluding hydrogens is 212 g/mol. The summed E-state index contributed by atoms with van der Waals surface area (Å²) in [5.74, 6) is -3.40. The van der Waals surface area contributed by atoms with Crippen LogP contribution in [0, 0.1) is 5.92 Å². The third-order valence-corrected chi connectivity index (χ3v) is 1.85. The first-order valence-electron chi connectivity index (χ1n) is 4.98. The summed E-state index contributed by atoms with van der Waals surface area (Å²) in [6.07, 6.45) is 0. The summed E-state index contributed by atoms with van der Waals surface area (Å²) in [7, 11) is 0. The first-order chi connectivity index (χ1) is 7.45. The van der Waals surface area contributed by atoms with Gasteiger partial charge >= 0.3 is 11.9 Å². The molecule has 0 amide bonds. The molecule has 90 valence electrons. The number of esters is 2. The van der Waals surface area contributed by atoms with Crippen molar-refractivity contribution in [2.45, 2.75) is 20.8 Å². The van der Waals surface area contributed by atoms with Crippen molar-refractivity contribution in [2.24, 2.45) is 5.92 Å². The van der Waals surface area contributed by atoms with Crippen molar-refractivity contribution in [3.63, 3.8) is 0 Å². The molecule has 16 heavy (non-hydrogen) atoms. The Balaban J connectivity index is 4.89. The van der Waals surface area contributed by atoms with Crippen LogP contribution in [0.25, 0.3) is 0 Å². The zero-order chi connectivity index (χ0) is 12.7. The van der Waals surface area contributed by atoms with Crippen LogP contribution in [0.1, 0.15) is 20.8 Å². The van der Waals surface area contributed by atoms with Crippen molar-refractivity contribution in [1.82, 2.24) is 0 Å². The van der Waals surface area contributed by atoms with Gasteiger partial charge in [0, 0.05) is 5.57 Å². The Morgan fingerprint density at radius 2 is 1.44 bits per heavy atom. The lowest BCUT2D eigenvalue weighted by Crippen LogP contribution is -2.31. The second-order valence-corrected chi connectivity index (χ2v) is 3.02. The third-order valence-electron chi connectivity index (χ3n) is 1.85. The van der Waals surface area contributed by atoms with Crippen LogP contribution in [0.4, 0.5) is 0 Å². The van der Waals surface area contributed by atoms with Crippen LogP contribution in [0.15, 0.2) is 12.2 Å². The van der Waals surface area contributed by atoms with Crippen LogP contribution >= 0.6 is 0 Å². The van der Waals surface area contributed by atoms with Crippen molar-refractivity contribution in [1.29, 1.82) is 0 Å². The number of hydrogen-bond donors (Lipinski definition) is 0. The summed E-state index contributed by atoms with van der Waals surface area (Å²) in [5, 5.41) is 0. The number of ketones is 1.